The van der Waals surface area contributed by atoms with Crippen LogP contribution in [-0.4, -0.2) is 23.8 Å². The molecule has 0 amide bonds. The summed E-state index contributed by atoms with van der Waals surface area (Å²) < 4.78 is 13.1. The van der Waals surface area contributed by atoms with E-state index < -0.39 is 0 Å². The molecular formula is C20H20FNO. The quantitative estimate of drug-likeness (QED) is 0.863. The van der Waals surface area contributed by atoms with Crippen LogP contribution in [0.2, 0.25) is 0 Å². The third-order valence-electron chi connectivity index (χ3n) is 5.29. The molecule has 0 aromatic heterocycles. The SMILES string of the molecule is O=C1C(c2ccc(F)cc2)CC2CN(Cc3ccccc3)CC12. The van der Waals surface area contributed by atoms with Crippen LogP contribution in [0.1, 0.15) is 23.5 Å². The van der Waals surface area contributed by atoms with Gasteiger partial charge in [-0.3, -0.25) is 9.69 Å². The van der Waals surface area contributed by atoms with Crippen molar-refractivity contribution in [1.82, 2.24) is 4.90 Å². The van der Waals surface area contributed by atoms with Gasteiger partial charge in [-0.05, 0) is 35.6 Å². The second kappa shape index (κ2) is 5.89. The van der Waals surface area contributed by atoms with Crippen LogP contribution in [0.15, 0.2) is 54.6 Å². The zero-order chi connectivity index (χ0) is 15.8. The largest absolute Gasteiger partial charge is 0.299 e. The number of carbonyl (C=O) groups is 1. The van der Waals surface area contributed by atoms with Crippen molar-refractivity contribution in [2.45, 2.75) is 18.9 Å². The van der Waals surface area contributed by atoms with Crippen molar-refractivity contribution in [3.05, 3.63) is 71.5 Å². The lowest BCUT2D eigenvalue weighted by Crippen LogP contribution is -2.24. The molecular weight excluding hydrogens is 289 g/mol. The van der Waals surface area contributed by atoms with Crippen molar-refractivity contribution in [3.8, 4) is 0 Å². The minimum absolute atomic E-state index is 0.0375. The fourth-order valence-electron chi connectivity index (χ4n) is 4.17. The summed E-state index contributed by atoms with van der Waals surface area (Å²) in [6.45, 7) is 2.77. The third-order valence-corrected chi connectivity index (χ3v) is 5.29. The van der Waals surface area contributed by atoms with E-state index in [4.69, 9.17) is 0 Å². The number of benzene rings is 2. The Bertz CT molecular complexity index is 697. The second-order valence-electron chi connectivity index (χ2n) is 6.79. The van der Waals surface area contributed by atoms with Gasteiger partial charge in [0.25, 0.3) is 0 Å². The van der Waals surface area contributed by atoms with E-state index in [1.54, 1.807) is 12.1 Å². The van der Waals surface area contributed by atoms with E-state index in [1.165, 1.54) is 17.7 Å². The van der Waals surface area contributed by atoms with Gasteiger partial charge in [0.15, 0.2) is 0 Å². The smallest absolute Gasteiger partial charge is 0.145 e. The number of nitrogens with zero attached hydrogens (tertiary/aromatic N) is 1. The summed E-state index contributed by atoms with van der Waals surface area (Å²) in [6.07, 6.45) is 0.903. The molecule has 2 aromatic rings. The first kappa shape index (κ1) is 14.6. The minimum atomic E-state index is -0.242. The first-order valence-corrected chi connectivity index (χ1v) is 8.26. The van der Waals surface area contributed by atoms with E-state index in [2.05, 4.69) is 29.2 Å². The predicted octanol–water partition coefficient (Wildman–Crippen LogP) is 3.63. The van der Waals surface area contributed by atoms with Gasteiger partial charge in [0.1, 0.15) is 11.6 Å². The maximum atomic E-state index is 13.1. The summed E-state index contributed by atoms with van der Waals surface area (Å²) in [6, 6.07) is 16.9. The number of halogens is 1. The number of carbonyl (C=O) groups excluding carboxylic acids is 1. The van der Waals surface area contributed by atoms with Crippen molar-refractivity contribution >= 4 is 5.78 Å². The molecule has 2 aromatic carbocycles. The highest BCUT2D eigenvalue weighted by Crippen LogP contribution is 2.43. The highest BCUT2D eigenvalue weighted by atomic mass is 19.1. The average Bonchev–Trinajstić information content (AvgIpc) is 3.08. The van der Waals surface area contributed by atoms with Crippen LogP contribution in [-0.2, 0) is 11.3 Å². The Morgan fingerprint density at radius 1 is 1.00 bits per heavy atom. The van der Waals surface area contributed by atoms with Crippen LogP contribution in [0.5, 0.6) is 0 Å². The van der Waals surface area contributed by atoms with Gasteiger partial charge in [0.2, 0.25) is 0 Å². The van der Waals surface area contributed by atoms with Gasteiger partial charge >= 0.3 is 0 Å². The lowest BCUT2D eigenvalue weighted by Gasteiger charge is -2.18. The molecule has 23 heavy (non-hydrogen) atoms. The molecule has 2 nitrogen and oxygen atoms in total. The topological polar surface area (TPSA) is 20.3 Å². The molecule has 118 valence electrons. The van der Waals surface area contributed by atoms with Gasteiger partial charge in [-0.25, -0.2) is 4.39 Å². The van der Waals surface area contributed by atoms with Gasteiger partial charge in [0.05, 0.1) is 0 Å². The monoisotopic (exact) mass is 309 g/mol. The molecule has 4 rings (SSSR count). The van der Waals surface area contributed by atoms with Crippen molar-refractivity contribution in [2.75, 3.05) is 13.1 Å². The summed E-state index contributed by atoms with van der Waals surface area (Å²) in [7, 11) is 0. The second-order valence-corrected chi connectivity index (χ2v) is 6.79. The van der Waals surface area contributed by atoms with Crippen LogP contribution in [0.4, 0.5) is 4.39 Å². The summed E-state index contributed by atoms with van der Waals surface area (Å²) in [5, 5.41) is 0. The Hall–Kier alpha value is -2.00. The molecule has 2 aliphatic rings. The molecule has 0 spiro atoms. The molecule has 1 saturated carbocycles. The maximum absolute atomic E-state index is 13.1. The summed E-state index contributed by atoms with van der Waals surface area (Å²) >= 11 is 0. The summed E-state index contributed by atoms with van der Waals surface area (Å²) in [5.74, 6) is 0.658. The molecule has 1 heterocycles. The average molecular weight is 309 g/mol. The fraction of sp³-hybridized carbons (Fsp3) is 0.350. The van der Waals surface area contributed by atoms with E-state index in [9.17, 15) is 9.18 Å². The van der Waals surface area contributed by atoms with Crippen LogP contribution in [0.25, 0.3) is 0 Å². The fourth-order valence-corrected chi connectivity index (χ4v) is 4.17. The van der Waals surface area contributed by atoms with Gasteiger partial charge in [-0.1, -0.05) is 42.5 Å². The number of Topliss-reactive ketones (excluding diaryl/α,β-unsaturated/α-hetero) is 1. The molecule has 0 bridgehead atoms. The molecule has 2 fully saturated rings. The minimum Gasteiger partial charge on any atom is -0.299 e. The van der Waals surface area contributed by atoms with Crippen molar-refractivity contribution in [2.24, 2.45) is 11.8 Å². The molecule has 0 radical (unpaired) electrons. The highest BCUT2D eigenvalue weighted by molar-refractivity contribution is 5.90. The molecule has 1 aliphatic heterocycles. The normalized spacial score (nSPS) is 27.3. The zero-order valence-electron chi connectivity index (χ0n) is 13.0. The van der Waals surface area contributed by atoms with Gasteiger partial charge in [-0.15, -0.1) is 0 Å². The van der Waals surface area contributed by atoms with Crippen LogP contribution >= 0.6 is 0 Å². The van der Waals surface area contributed by atoms with Crippen molar-refractivity contribution in [1.29, 1.82) is 0 Å². The number of likely N-dealkylation sites (tertiary alicyclic amines) is 1. The molecule has 0 N–H and O–H groups in total. The first-order chi connectivity index (χ1) is 11.2. The predicted molar refractivity (Wildman–Crippen MR) is 87.5 cm³/mol. The van der Waals surface area contributed by atoms with Gasteiger partial charge in [-0.2, -0.15) is 0 Å². The van der Waals surface area contributed by atoms with E-state index >= 15 is 0 Å². The van der Waals surface area contributed by atoms with Crippen molar-refractivity contribution in [3.63, 3.8) is 0 Å². The van der Waals surface area contributed by atoms with E-state index in [0.717, 1.165) is 31.6 Å². The maximum Gasteiger partial charge on any atom is 0.145 e. The first-order valence-electron chi connectivity index (χ1n) is 8.26. The summed E-state index contributed by atoms with van der Waals surface area (Å²) in [5.41, 5.74) is 2.27. The van der Waals surface area contributed by atoms with Crippen molar-refractivity contribution < 1.29 is 9.18 Å². The number of fused-ring (bicyclic) bond motifs is 1. The lowest BCUT2D eigenvalue weighted by molar-refractivity contribution is -0.122. The Balaban J connectivity index is 1.44. The third kappa shape index (κ3) is 2.81. The summed E-state index contributed by atoms with van der Waals surface area (Å²) in [4.78, 5) is 15.1. The standard InChI is InChI=1S/C20H20FNO/c21-17-8-6-15(7-9-17)18-10-16-12-22(13-19(16)20(18)23)11-14-4-2-1-3-5-14/h1-9,16,18-19H,10-13H2. The van der Waals surface area contributed by atoms with Crippen LogP contribution in [0, 0.1) is 17.7 Å². The Morgan fingerprint density at radius 2 is 1.74 bits per heavy atom. The van der Waals surface area contributed by atoms with Gasteiger partial charge in [0, 0.05) is 31.5 Å². The molecule has 3 unspecified atom stereocenters. The lowest BCUT2D eigenvalue weighted by atomic mass is 9.95. The molecule has 1 saturated heterocycles. The van der Waals surface area contributed by atoms with Gasteiger partial charge < -0.3 is 0 Å². The number of hydrogen-bond donors (Lipinski definition) is 0. The molecule has 3 heteroatoms. The molecule has 1 aliphatic carbocycles. The van der Waals surface area contributed by atoms with Crippen LogP contribution < -0.4 is 0 Å². The van der Waals surface area contributed by atoms with E-state index in [1.807, 2.05) is 6.07 Å². The molecule has 3 atom stereocenters. The highest BCUT2D eigenvalue weighted by Gasteiger charge is 2.47. The van der Waals surface area contributed by atoms with E-state index in [0.29, 0.717) is 11.7 Å². The number of ketones is 1. The Kier molecular flexibility index (Phi) is 3.74. The van der Waals surface area contributed by atoms with E-state index in [-0.39, 0.29) is 17.7 Å². The number of rotatable bonds is 3. The Labute approximate surface area is 135 Å². The Morgan fingerprint density at radius 3 is 2.43 bits per heavy atom. The number of hydrogen-bond acceptors (Lipinski definition) is 2. The zero-order valence-corrected chi connectivity index (χ0v) is 13.0. The van der Waals surface area contributed by atoms with Crippen LogP contribution in [0.3, 0.4) is 0 Å².